The molecule has 0 bridgehead atoms. The maximum absolute atomic E-state index is 8.46. The van der Waals surface area contributed by atoms with E-state index in [2.05, 4.69) is 6.07 Å². The zero-order valence-corrected chi connectivity index (χ0v) is 5.86. The fourth-order valence-corrected chi connectivity index (χ4v) is 1.25. The van der Waals surface area contributed by atoms with Crippen LogP contribution in [0.5, 0.6) is 0 Å². The molecule has 0 saturated carbocycles. The standard InChI is InChI=1S/C7H8ClN/c8-7-4-2-1-3-6(7)5-9/h3,7H,1-2,4H2. The Morgan fingerprint density at radius 3 is 3.00 bits per heavy atom. The van der Waals surface area contributed by atoms with Gasteiger partial charge in [0.15, 0.2) is 0 Å². The number of alkyl halides is 1. The molecule has 1 aliphatic rings. The van der Waals surface area contributed by atoms with E-state index in [9.17, 15) is 0 Å². The largest absolute Gasteiger partial charge is 0.193 e. The Balaban J connectivity index is 2.67. The fraction of sp³-hybridized carbons (Fsp3) is 0.571. The molecule has 0 saturated heterocycles. The number of hydrogen-bond acceptors (Lipinski definition) is 1. The average Bonchev–Trinajstić information content (AvgIpc) is 1.89. The molecule has 0 fully saturated rings. The Kier molecular flexibility index (Phi) is 2.13. The summed E-state index contributed by atoms with van der Waals surface area (Å²) in [6, 6.07) is 2.08. The quantitative estimate of drug-likeness (QED) is 0.475. The number of rotatable bonds is 0. The molecule has 0 aromatic carbocycles. The van der Waals surface area contributed by atoms with Crippen LogP contribution in [0.25, 0.3) is 0 Å². The lowest BCUT2D eigenvalue weighted by molar-refractivity contribution is 0.720. The number of nitrogens with zero attached hydrogens (tertiary/aromatic N) is 1. The van der Waals surface area contributed by atoms with E-state index in [1.54, 1.807) is 0 Å². The molecule has 48 valence electrons. The van der Waals surface area contributed by atoms with Crippen molar-refractivity contribution >= 4 is 11.6 Å². The van der Waals surface area contributed by atoms with Crippen molar-refractivity contribution in [1.82, 2.24) is 0 Å². The Labute approximate surface area is 59.9 Å². The molecular weight excluding hydrogens is 134 g/mol. The van der Waals surface area contributed by atoms with Crippen molar-refractivity contribution in [3.63, 3.8) is 0 Å². The second-order valence-corrected chi connectivity index (χ2v) is 2.70. The van der Waals surface area contributed by atoms with Crippen molar-refractivity contribution < 1.29 is 0 Å². The summed E-state index contributed by atoms with van der Waals surface area (Å²) < 4.78 is 0. The van der Waals surface area contributed by atoms with Gasteiger partial charge in [-0.05, 0) is 19.3 Å². The Morgan fingerprint density at radius 2 is 2.56 bits per heavy atom. The van der Waals surface area contributed by atoms with Crippen LogP contribution >= 0.6 is 11.6 Å². The van der Waals surface area contributed by atoms with Crippen LogP contribution < -0.4 is 0 Å². The molecular formula is C7H8ClN. The molecule has 1 nitrogen and oxygen atoms in total. The second-order valence-electron chi connectivity index (χ2n) is 2.17. The highest BCUT2D eigenvalue weighted by Crippen LogP contribution is 2.22. The summed E-state index contributed by atoms with van der Waals surface area (Å²) in [5, 5.41) is 8.45. The molecule has 2 heteroatoms. The normalized spacial score (nSPS) is 26.7. The third-order valence-electron chi connectivity index (χ3n) is 1.49. The Hall–Kier alpha value is -0.480. The van der Waals surface area contributed by atoms with E-state index in [4.69, 9.17) is 16.9 Å². The van der Waals surface area contributed by atoms with E-state index in [0.717, 1.165) is 24.8 Å². The topological polar surface area (TPSA) is 23.8 Å². The second kappa shape index (κ2) is 2.89. The third kappa shape index (κ3) is 1.46. The van der Waals surface area contributed by atoms with Crippen molar-refractivity contribution in [3.8, 4) is 6.07 Å². The van der Waals surface area contributed by atoms with E-state index in [1.807, 2.05) is 6.08 Å². The number of hydrogen-bond donors (Lipinski definition) is 0. The molecule has 0 spiro atoms. The van der Waals surface area contributed by atoms with Crippen LogP contribution in [0.3, 0.4) is 0 Å². The maximum Gasteiger partial charge on any atom is 0.0959 e. The van der Waals surface area contributed by atoms with Crippen LogP contribution in [0.2, 0.25) is 0 Å². The van der Waals surface area contributed by atoms with E-state index < -0.39 is 0 Å². The highest BCUT2D eigenvalue weighted by Gasteiger charge is 2.13. The summed E-state index contributed by atoms with van der Waals surface area (Å²) in [7, 11) is 0. The SMILES string of the molecule is N#CC1=CCCCC1Cl. The molecule has 1 atom stereocenters. The molecule has 0 amide bonds. The van der Waals surface area contributed by atoms with Gasteiger partial charge in [-0.25, -0.2) is 0 Å². The molecule has 9 heavy (non-hydrogen) atoms. The van der Waals surface area contributed by atoms with Crippen molar-refractivity contribution in [2.45, 2.75) is 24.6 Å². The summed E-state index contributed by atoms with van der Waals surface area (Å²) in [6.07, 6.45) is 5.04. The zero-order chi connectivity index (χ0) is 6.69. The predicted molar refractivity (Wildman–Crippen MR) is 37.2 cm³/mol. The third-order valence-corrected chi connectivity index (χ3v) is 1.95. The lowest BCUT2D eigenvalue weighted by Crippen LogP contribution is -2.05. The van der Waals surface area contributed by atoms with Crippen molar-refractivity contribution in [2.24, 2.45) is 0 Å². The number of nitriles is 1. The Morgan fingerprint density at radius 1 is 1.78 bits per heavy atom. The van der Waals surface area contributed by atoms with Gasteiger partial charge in [0.2, 0.25) is 0 Å². The smallest absolute Gasteiger partial charge is 0.0959 e. The van der Waals surface area contributed by atoms with Gasteiger partial charge >= 0.3 is 0 Å². The van der Waals surface area contributed by atoms with Gasteiger partial charge in [0.25, 0.3) is 0 Å². The van der Waals surface area contributed by atoms with E-state index in [-0.39, 0.29) is 5.38 Å². The minimum atomic E-state index is -0.0104. The molecule has 0 heterocycles. The number of allylic oxidation sites excluding steroid dienone is 2. The van der Waals surface area contributed by atoms with Crippen LogP contribution in [0, 0.1) is 11.3 Å². The molecule has 1 aliphatic carbocycles. The molecule has 1 rings (SSSR count). The molecule has 0 N–H and O–H groups in total. The Bertz CT molecular complexity index is 166. The van der Waals surface area contributed by atoms with Gasteiger partial charge in [-0.2, -0.15) is 5.26 Å². The summed E-state index contributed by atoms with van der Waals surface area (Å²) in [4.78, 5) is 0. The lowest BCUT2D eigenvalue weighted by Gasteiger charge is -2.11. The summed E-state index contributed by atoms with van der Waals surface area (Å²) in [6.45, 7) is 0. The van der Waals surface area contributed by atoms with E-state index in [0.29, 0.717) is 0 Å². The molecule has 0 radical (unpaired) electrons. The van der Waals surface area contributed by atoms with Gasteiger partial charge in [0.1, 0.15) is 0 Å². The van der Waals surface area contributed by atoms with Crippen LogP contribution in [0.1, 0.15) is 19.3 Å². The van der Waals surface area contributed by atoms with Gasteiger partial charge in [-0.3, -0.25) is 0 Å². The van der Waals surface area contributed by atoms with Crippen LogP contribution in [0.15, 0.2) is 11.6 Å². The minimum absolute atomic E-state index is 0.0104. The van der Waals surface area contributed by atoms with Gasteiger partial charge < -0.3 is 0 Å². The lowest BCUT2D eigenvalue weighted by atomic mass is 10.0. The van der Waals surface area contributed by atoms with Gasteiger partial charge in [0, 0.05) is 5.57 Å². The van der Waals surface area contributed by atoms with Crippen molar-refractivity contribution in [3.05, 3.63) is 11.6 Å². The van der Waals surface area contributed by atoms with Crippen molar-refractivity contribution in [1.29, 1.82) is 5.26 Å². The predicted octanol–water partition coefficient (Wildman–Crippen LogP) is 2.23. The summed E-state index contributed by atoms with van der Waals surface area (Å²) in [5.74, 6) is 0. The molecule has 0 aromatic rings. The first-order chi connectivity index (χ1) is 4.34. The summed E-state index contributed by atoms with van der Waals surface area (Å²) >= 11 is 5.79. The van der Waals surface area contributed by atoms with Crippen molar-refractivity contribution in [2.75, 3.05) is 0 Å². The fourth-order valence-electron chi connectivity index (χ4n) is 0.954. The zero-order valence-electron chi connectivity index (χ0n) is 5.10. The number of halogens is 1. The molecule has 0 aliphatic heterocycles. The van der Waals surface area contributed by atoms with Crippen LogP contribution in [-0.4, -0.2) is 5.38 Å². The first-order valence-corrected chi connectivity index (χ1v) is 3.52. The van der Waals surface area contributed by atoms with Gasteiger partial charge in [-0.1, -0.05) is 6.08 Å². The maximum atomic E-state index is 8.46. The molecule has 1 unspecified atom stereocenters. The first kappa shape index (κ1) is 6.64. The van der Waals surface area contributed by atoms with Gasteiger partial charge in [0.05, 0.1) is 11.4 Å². The van der Waals surface area contributed by atoms with Crippen LogP contribution in [-0.2, 0) is 0 Å². The highest BCUT2D eigenvalue weighted by atomic mass is 35.5. The monoisotopic (exact) mass is 141 g/mol. The van der Waals surface area contributed by atoms with Gasteiger partial charge in [-0.15, -0.1) is 11.6 Å². The van der Waals surface area contributed by atoms with E-state index >= 15 is 0 Å². The summed E-state index contributed by atoms with van der Waals surface area (Å²) in [5.41, 5.74) is 0.753. The molecule has 0 aromatic heterocycles. The first-order valence-electron chi connectivity index (χ1n) is 3.09. The minimum Gasteiger partial charge on any atom is -0.193 e. The van der Waals surface area contributed by atoms with E-state index in [1.165, 1.54) is 0 Å². The highest BCUT2D eigenvalue weighted by molar-refractivity contribution is 6.22. The van der Waals surface area contributed by atoms with Crippen LogP contribution in [0.4, 0.5) is 0 Å². The average molecular weight is 142 g/mol.